The fourth-order valence-corrected chi connectivity index (χ4v) is 2.17. The van der Waals surface area contributed by atoms with Crippen LogP contribution < -0.4 is 0 Å². The molecule has 0 fully saturated rings. The molecule has 0 aliphatic heterocycles. The molecule has 0 aromatic heterocycles. The van der Waals surface area contributed by atoms with Gasteiger partial charge in [0, 0.05) is 0 Å². The zero-order chi connectivity index (χ0) is 19.8. The quantitative estimate of drug-likeness (QED) is 0.377. The van der Waals surface area contributed by atoms with E-state index in [1.165, 1.54) is 20.8 Å². The largest absolute Gasteiger partial charge is 0.506 e. The number of unbranched alkanes of at least 4 members (excludes halogenated alkanes) is 1. The average Bonchev–Trinajstić information content (AvgIpc) is 2.43. The first-order chi connectivity index (χ1) is 11.3. The van der Waals surface area contributed by atoms with E-state index in [1.807, 2.05) is 6.92 Å². The highest BCUT2D eigenvalue weighted by molar-refractivity contribution is 5.85. The van der Waals surface area contributed by atoms with Crippen molar-refractivity contribution >= 4 is 18.1 Å². The van der Waals surface area contributed by atoms with Crippen LogP contribution in [0.3, 0.4) is 0 Å². The first kappa shape index (κ1) is 23.0. The summed E-state index contributed by atoms with van der Waals surface area (Å²) >= 11 is 0. The molecule has 0 radical (unpaired) electrons. The lowest BCUT2D eigenvalue weighted by atomic mass is 9.76. The minimum Gasteiger partial charge on any atom is -0.465 e. The van der Waals surface area contributed by atoms with Crippen LogP contribution in [0, 0.1) is 11.3 Å². The number of halogens is 3. The highest BCUT2D eigenvalue weighted by Gasteiger charge is 2.49. The van der Waals surface area contributed by atoms with Crippen molar-refractivity contribution in [2.24, 2.45) is 11.3 Å². The van der Waals surface area contributed by atoms with Gasteiger partial charge in [0.15, 0.2) is 6.61 Å². The average molecular weight is 372 g/mol. The van der Waals surface area contributed by atoms with E-state index in [9.17, 15) is 27.6 Å². The van der Waals surface area contributed by atoms with Crippen molar-refractivity contribution < 1.29 is 46.9 Å². The Balaban J connectivity index is 5.34. The van der Waals surface area contributed by atoms with E-state index in [1.54, 1.807) is 0 Å². The topological polar surface area (TPSA) is 99.1 Å². The zero-order valence-electron chi connectivity index (χ0n) is 14.5. The van der Waals surface area contributed by atoms with Gasteiger partial charge in [-0.2, -0.15) is 13.2 Å². The summed E-state index contributed by atoms with van der Waals surface area (Å²) < 4.78 is 50.4. The number of hydrogen-bond acceptors (Lipinski definition) is 6. The molecule has 0 aliphatic carbocycles. The van der Waals surface area contributed by atoms with Crippen molar-refractivity contribution in [2.45, 2.75) is 52.8 Å². The highest BCUT2D eigenvalue weighted by atomic mass is 19.4. The molecule has 0 aromatic carbocycles. The fourth-order valence-electron chi connectivity index (χ4n) is 2.17. The van der Waals surface area contributed by atoms with Gasteiger partial charge in [0.05, 0.1) is 12.0 Å². The van der Waals surface area contributed by atoms with Crippen LogP contribution in [0.1, 0.15) is 40.5 Å². The van der Waals surface area contributed by atoms with Gasteiger partial charge in [-0.3, -0.25) is 9.59 Å². The number of esters is 2. The summed E-state index contributed by atoms with van der Waals surface area (Å²) in [6, 6.07) is 0. The summed E-state index contributed by atoms with van der Waals surface area (Å²) in [6.07, 6.45) is -6.51. The molecule has 0 heterocycles. The van der Waals surface area contributed by atoms with Crippen LogP contribution in [0.15, 0.2) is 0 Å². The molecule has 146 valence electrons. The Hall–Kier alpha value is -2.00. The lowest BCUT2D eigenvalue weighted by Gasteiger charge is -2.33. The number of rotatable bonds is 9. The third-order valence-electron chi connectivity index (χ3n) is 3.42. The van der Waals surface area contributed by atoms with Gasteiger partial charge < -0.3 is 19.3 Å². The molecule has 0 saturated heterocycles. The van der Waals surface area contributed by atoms with Gasteiger partial charge in [0.2, 0.25) is 0 Å². The lowest BCUT2D eigenvalue weighted by Crippen LogP contribution is -2.47. The van der Waals surface area contributed by atoms with Crippen LogP contribution in [0.25, 0.3) is 0 Å². The van der Waals surface area contributed by atoms with E-state index in [0.29, 0.717) is 6.42 Å². The predicted octanol–water partition coefficient (Wildman–Crippen LogP) is 3.16. The summed E-state index contributed by atoms with van der Waals surface area (Å²) in [7, 11) is 0. The van der Waals surface area contributed by atoms with Crippen molar-refractivity contribution in [1.82, 2.24) is 0 Å². The molecule has 25 heavy (non-hydrogen) atoms. The number of carbonyl (C=O) groups excluding carboxylic acids is 2. The second kappa shape index (κ2) is 9.47. The summed E-state index contributed by atoms with van der Waals surface area (Å²) in [6.45, 7) is 3.59. The Bertz CT molecular complexity index is 474. The minimum absolute atomic E-state index is 0.0271. The van der Waals surface area contributed by atoms with Crippen LogP contribution >= 0.6 is 0 Å². The summed E-state index contributed by atoms with van der Waals surface area (Å²) in [5, 5.41) is 8.70. The highest BCUT2D eigenvalue weighted by Crippen LogP contribution is 2.34. The molecule has 10 heteroatoms. The molecule has 0 rings (SSSR count). The van der Waals surface area contributed by atoms with Gasteiger partial charge in [-0.15, -0.1) is 0 Å². The zero-order valence-corrected chi connectivity index (χ0v) is 14.5. The van der Waals surface area contributed by atoms with E-state index in [0.717, 1.165) is 6.42 Å². The fraction of sp³-hybridized carbons (Fsp3) is 0.800. The third-order valence-corrected chi connectivity index (χ3v) is 3.42. The number of carboxylic acid groups (broad SMARTS) is 1. The molecular formula is C15H23F3O7. The SMILES string of the molecule is CCCCOC(=O)C(C(C)OC(=O)O)C(C)(C)C(=O)OCC(F)(F)F. The molecule has 0 bridgehead atoms. The van der Waals surface area contributed by atoms with E-state index < -0.39 is 48.3 Å². The summed E-state index contributed by atoms with van der Waals surface area (Å²) in [4.78, 5) is 35.0. The summed E-state index contributed by atoms with van der Waals surface area (Å²) in [5.74, 6) is -3.74. The molecule has 0 spiro atoms. The monoisotopic (exact) mass is 372 g/mol. The Morgan fingerprint density at radius 1 is 1.12 bits per heavy atom. The maximum Gasteiger partial charge on any atom is 0.506 e. The van der Waals surface area contributed by atoms with Gasteiger partial charge >= 0.3 is 24.3 Å². The van der Waals surface area contributed by atoms with Crippen molar-refractivity contribution in [1.29, 1.82) is 0 Å². The maximum absolute atomic E-state index is 12.3. The Morgan fingerprint density at radius 3 is 2.12 bits per heavy atom. The van der Waals surface area contributed by atoms with Crippen molar-refractivity contribution in [3.05, 3.63) is 0 Å². The second-order valence-electron chi connectivity index (χ2n) is 6.00. The molecule has 0 saturated carbocycles. The Labute approximate surface area is 143 Å². The Kier molecular flexibility index (Phi) is 8.72. The second-order valence-corrected chi connectivity index (χ2v) is 6.00. The molecular weight excluding hydrogens is 349 g/mol. The summed E-state index contributed by atoms with van der Waals surface area (Å²) in [5.41, 5.74) is -1.80. The molecule has 0 aromatic rings. The predicted molar refractivity (Wildman–Crippen MR) is 78.7 cm³/mol. The standard InChI is InChI=1S/C15H23F3O7/c1-5-6-7-23-11(19)10(9(2)25-13(21)22)14(3,4)12(20)24-8-15(16,17)18/h9-10H,5-8H2,1-4H3,(H,21,22). The molecule has 0 amide bonds. The van der Waals surface area contributed by atoms with Crippen molar-refractivity contribution in [2.75, 3.05) is 13.2 Å². The molecule has 1 N–H and O–H groups in total. The normalized spacial score (nSPS) is 14.4. The lowest BCUT2D eigenvalue weighted by molar-refractivity contribution is -0.198. The maximum atomic E-state index is 12.3. The van der Waals surface area contributed by atoms with Gasteiger partial charge in [-0.1, -0.05) is 13.3 Å². The smallest absolute Gasteiger partial charge is 0.465 e. The van der Waals surface area contributed by atoms with Crippen LogP contribution in [0.2, 0.25) is 0 Å². The first-order valence-electron chi connectivity index (χ1n) is 7.63. The van der Waals surface area contributed by atoms with Crippen molar-refractivity contribution in [3.63, 3.8) is 0 Å². The Morgan fingerprint density at radius 2 is 1.68 bits per heavy atom. The van der Waals surface area contributed by atoms with Gasteiger partial charge in [0.1, 0.15) is 12.0 Å². The third kappa shape index (κ3) is 8.08. The van der Waals surface area contributed by atoms with Crippen LogP contribution in [-0.4, -0.2) is 48.7 Å². The van der Waals surface area contributed by atoms with Gasteiger partial charge in [0.25, 0.3) is 0 Å². The first-order valence-corrected chi connectivity index (χ1v) is 7.63. The van der Waals surface area contributed by atoms with Crippen LogP contribution in [-0.2, 0) is 23.8 Å². The van der Waals surface area contributed by atoms with Crippen molar-refractivity contribution in [3.8, 4) is 0 Å². The van der Waals surface area contributed by atoms with Crippen LogP contribution in [0.5, 0.6) is 0 Å². The number of alkyl halides is 3. The molecule has 2 unspecified atom stereocenters. The van der Waals surface area contributed by atoms with Gasteiger partial charge in [-0.05, 0) is 27.2 Å². The number of ether oxygens (including phenoxy) is 3. The van der Waals surface area contributed by atoms with E-state index in [-0.39, 0.29) is 6.61 Å². The number of hydrogen-bond donors (Lipinski definition) is 1. The van der Waals surface area contributed by atoms with E-state index >= 15 is 0 Å². The molecule has 7 nitrogen and oxygen atoms in total. The van der Waals surface area contributed by atoms with E-state index in [4.69, 9.17) is 9.84 Å². The van der Waals surface area contributed by atoms with Gasteiger partial charge in [-0.25, -0.2) is 4.79 Å². The molecule has 2 atom stereocenters. The van der Waals surface area contributed by atoms with Crippen LogP contribution in [0.4, 0.5) is 18.0 Å². The molecule has 0 aliphatic rings. The minimum atomic E-state index is -4.73. The number of carbonyl (C=O) groups is 3. The van der Waals surface area contributed by atoms with E-state index in [2.05, 4.69) is 9.47 Å².